The molecule has 0 spiro atoms. The SMILES string of the molecule is CCc1ccccc1NC(=O)CSc1nnc([C@H](NC(=O)c2ccccc2)C(C)C)n1C. The van der Waals surface area contributed by atoms with E-state index in [1.165, 1.54) is 11.8 Å². The number of thioether (sulfide) groups is 1. The molecule has 168 valence electrons. The maximum Gasteiger partial charge on any atom is 0.251 e. The number of hydrogen-bond acceptors (Lipinski definition) is 5. The molecule has 7 nitrogen and oxygen atoms in total. The first-order chi connectivity index (χ1) is 15.4. The smallest absolute Gasteiger partial charge is 0.251 e. The van der Waals surface area contributed by atoms with Crippen LogP contribution in [-0.4, -0.2) is 32.3 Å². The predicted molar refractivity (Wildman–Crippen MR) is 128 cm³/mol. The number of anilines is 1. The van der Waals surface area contributed by atoms with Gasteiger partial charge in [0.2, 0.25) is 5.91 Å². The standard InChI is InChI=1S/C24H29N5O2S/c1-5-17-11-9-10-14-19(17)25-20(30)15-32-24-28-27-22(29(24)4)21(16(2)3)26-23(31)18-12-7-6-8-13-18/h6-14,16,21H,5,15H2,1-4H3,(H,25,30)(H,26,31)/t21-/m1/s1. The Balaban J connectivity index is 1.66. The minimum absolute atomic E-state index is 0.0989. The van der Waals surface area contributed by atoms with Gasteiger partial charge in [-0.3, -0.25) is 9.59 Å². The van der Waals surface area contributed by atoms with Crippen molar-refractivity contribution in [2.45, 2.75) is 38.4 Å². The van der Waals surface area contributed by atoms with E-state index in [-0.39, 0.29) is 29.5 Å². The largest absolute Gasteiger partial charge is 0.342 e. The molecule has 0 fully saturated rings. The van der Waals surface area contributed by atoms with Crippen molar-refractivity contribution in [1.82, 2.24) is 20.1 Å². The van der Waals surface area contributed by atoms with E-state index >= 15 is 0 Å². The Morgan fingerprint density at radius 3 is 2.41 bits per heavy atom. The van der Waals surface area contributed by atoms with Gasteiger partial charge in [0.1, 0.15) is 0 Å². The molecule has 0 aliphatic heterocycles. The van der Waals surface area contributed by atoms with Crippen molar-refractivity contribution in [3.63, 3.8) is 0 Å². The van der Waals surface area contributed by atoms with Crippen LogP contribution in [0.5, 0.6) is 0 Å². The van der Waals surface area contributed by atoms with E-state index in [2.05, 4.69) is 27.8 Å². The van der Waals surface area contributed by atoms with Crippen LogP contribution in [0.15, 0.2) is 59.8 Å². The fourth-order valence-corrected chi connectivity index (χ4v) is 4.05. The molecule has 0 aliphatic carbocycles. The van der Waals surface area contributed by atoms with Crippen molar-refractivity contribution in [3.05, 3.63) is 71.5 Å². The molecule has 0 bridgehead atoms. The summed E-state index contributed by atoms with van der Waals surface area (Å²) in [7, 11) is 1.85. The van der Waals surface area contributed by atoms with Crippen LogP contribution in [0.25, 0.3) is 0 Å². The second kappa shape index (κ2) is 10.9. The summed E-state index contributed by atoms with van der Waals surface area (Å²) < 4.78 is 1.84. The fraction of sp³-hybridized carbons (Fsp3) is 0.333. The molecular formula is C24H29N5O2S. The maximum absolute atomic E-state index is 12.7. The first-order valence-corrected chi connectivity index (χ1v) is 11.6. The number of hydrogen-bond donors (Lipinski definition) is 2. The van der Waals surface area contributed by atoms with Gasteiger partial charge in [0, 0.05) is 18.3 Å². The van der Waals surface area contributed by atoms with Crippen LogP contribution in [-0.2, 0) is 18.3 Å². The highest BCUT2D eigenvalue weighted by Crippen LogP contribution is 2.25. The Kier molecular flexibility index (Phi) is 8.05. The molecule has 0 saturated heterocycles. The minimum Gasteiger partial charge on any atom is -0.342 e. The number of nitrogens with one attached hydrogen (secondary N) is 2. The molecule has 1 aromatic heterocycles. The van der Waals surface area contributed by atoms with Crippen molar-refractivity contribution in [2.24, 2.45) is 13.0 Å². The Labute approximate surface area is 193 Å². The Hall–Kier alpha value is -3.13. The van der Waals surface area contributed by atoms with Crippen LogP contribution in [0.3, 0.4) is 0 Å². The first kappa shape index (κ1) is 23.5. The Morgan fingerprint density at radius 1 is 1.03 bits per heavy atom. The molecule has 2 amide bonds. The molecule has 0 saturated carbocycles. The van der Waals surface area contributed by atoms with Gasteiger partial charge in [-0.05, 0) is 36.1 Å². The van der Waals surface area contributed by atoms with Crippen LogP contribution >= 0.6 is 11.8 Å². The van der Waals surface area contributed by atoms with Gasteiger partial charge in [0.25, 0.3) is 5.91 Å². The van der Waals surface area contributed by atoms with E-state index in [1.807, 2.05) is 67.9 Å². The van der Waals surface area contributed by atoms with Gasteiger partial charge in [-0.15, -0.1) is 10.2 Å². The van der Waals surface area contributed by atoms with Crippen LogP contribution in [0, 0.1) is 5.92 Å². The van der Waals surface area contributed by atoms with E-state index in [9.17, 15) is 9.59 Å². The topological polar surface area (TPSA) is 88.9 Å². The third-order valence-electron chi connectivity index (χ3n) is 5.14. The molecule has 1 heterocycles. The number of carbonyl (C=O) groups is 2. The lowest BCUT2D eigenvalue weighted by molar-refractivity contribution is -0.113. The average molecular weight is 452 g/mol. The molecule has 8 heteroatoms. The second-order valence-corrected chi connectivity index (χ2v) is 8.75. The third-order valence-corrected chi connectivity index (χ3v) is 6.16. The zero-order valence-corrected chi connectivity index (χ0v) is 19.6. The summed E-state index contributed by atoms with van der Waals surface area (Å²) in [6.07, 6.45) is 0.849. The summed E-state index contributed by atoms with van der Waals surface area (Å²) in [5.41, 5.74) is 2.53. The molecular weight excluding hydrogens is 422 g/mol. The summed E-state index contributed by atoms with van der Waals surface area (Å²) in [6, 6.07) is 16.6. The van der Waals surface area contributed by atoms with Gasteiger partial charge < -0.3 is 15.2 Å². The van der Waals surface area contributed by atoms with Crippen molar-refractivity contribution >= 4 is 29.3 Å². The van der Waals surface area contributed by atoms with Gasteiger partial charge in [-0.2, -0.15) is 0 Å². The van der Waals surface area contributed by atoms with Crippen LogP contribution in [0.1, 0.15) is 48.6 Å². The van der Waals surface area contributed by atoms with Gasteiger partial charge >= 0.3 is 0 Å². The van der Waals surface area contributed by atoms with E-state index in [0.717, 1.165) is 17.7 Å². The highest BCUT2D eigenvalue weighted by Gasteiger charge is 2.25. The number of aromatic nitrogens is 3. The number of amides is 2. The molecule has 1 atom stereocenters. The number of rotatable bonds is 9. The lowest BCUT2D eigenvalue weighted by Crippen LogP contribution is -2.33. The van der Waals surface area contributed by atoms with Crippen molar-refractivity contribution in [3.8, 4) is 0 Å². The molecule has 32 heavy (non-hydrogen) atoms. The van der Waals surface area contributed by atoms with E-state index in [4.69, 9.17) is 0 Å². The number of benzene rings is 2. The highest BCUT2D eigenvalue weighted by molar-refractivity contribution is 7.99. The molecule has 0 radical (unpaired) electrons. The molecule has 0 unspecified atom stereocenters. The Bertz CT molecular complexity index is 1070. The number of aryl methyl sites for hydroxylation is 1. The highest BCUT2D eigenvalue weighted by atomic mass is 32.2. The zero-order chi connectivity index (χ0) is 23.1. The lowest BCUT2D eigenvalue weighted by Gasteiger charge is -2.21. The fourth-order valence-electron chi connectivity index (χ4n) is 3.33. The molecule has 2 aromatic carbocycles. The van der Waals surface area contributed by atoms with Crippen molar-refractivity contribution in [1.29, 1.82) is 0 Å². The summed E-state index contributed by atoms with van der Waals surface area (Å²) in [5, 5.41) is 15.2. The number of nitrogens with zero attached hydrogens (tertiary/aromatic N) is 3. The lowest BCUT2D eigenvalue weighted by atomic mass is 10.0. The van der Waals surface area contributed by atoms with E-state index < -0.39 is 0 Å². The van der Waals surface area contributed by atoms with Crippen LogP contribution in [0.2, 0.25) is 0 Å². The average Bonchev–Trinajstić information content (AvgIpc) is 3.16. The van der Waals surface area contributed by atoms with Crippen molar-refractivity contribution in [2.75, 3.05) is 11.1 Å². The third kappa shape index (κ3) is 5.76. The van der Waals surface area contributed by atoms with E-state index in [1.54, 1.807) is 12.1 Å². The quantitative estimate of drug-likeness (QED) is 0.475. The van der Waals surface area contributed by atoms with Crippen LogP contribution < -0.4 is 10.6 Å². The molecule has 0 aliphatic rings. The molecule has 2 N–H and O–H groups in total. The van der Waals surface area contributed by atoms with Gasteiger partial charge in [0.05, 0.1) is 11.8 Å². The predicted octanol–water partition coefficient (Wildman–Crippen LogP) is 4.24. The van der Waals surface area contributed by atoms with Crippen LogP contribution in [0.4, 0.5) is 5.69 Å². The second-order valence-electron chi connectivity index (χ2n) is 7.81. The van der Waals surface area contributed by atoms with Gasteiger partial charge in [-0.1, -0.05) is 68.9 Å². The summed E-state index contributed by atoms with van der Waals surface area (Å²) in [4.78, 5) is 25.1. The minimum atomic E-state index is -0.306. The maximum atomic E-state index is 12.7. The first-order valence-electron chi connectivity index (χ1n) is 10.7. The summed E-state index contributed by atoms with van der Waals surface area (Å²) in [5.74, 6) is 0.724. The number of para-hydroxylation sites is 1. The molecule has 3 rings (SSSR count). The summed E-state index contributed by atoms with van der Waals surface area (Å²) in [6.45, 7) is 6.11. The summed E-state index contributed by atoms with van der Waals surface area (Å²) >= 11 is 1.32. The zero-order valence-electron chi connectivity index (χ0n) is 18.8. The van der Waals surface area contributed by atoms with Crippen molar-refractivity contribution < 1.29 is 9.59 Å². The van der Waals surface area contributed by atoms with Gasteiger partial charge in [-0.25, -0.2) is 0 Å². The molecule has 3 aromatic rings. The number of carbonyl (C=O) groups excluding carboxylic acids is 2. The Morgan fingerprint density at radius 2 is 1.72 bits per heavy atom. The van der Waals surface area contributed by atoms with Gasteiger partial charge in [0.15, 0.2) is 11.0 Å². The van der Waals surface area contributed by atoms with E-state index in [0.29, 0.717) is 16.5 Å². The normalized spacial score (nSPS) is 11.9. The monoisotopic (exact) mass is 451 g/mol.